The quantitative estimate of drug-likeness (QED) is 0.406. The van der Waals surface area contributed by atoms with Crippen molar-refractivity contribution in [2.75, 3.05) is 6.16 Å². The average molecular weight is 123 g/mol. The molecular weight excluding hydrogens is 118 g/mol. The van der Waals surface area contributed by atoms with Crippen LogP contribution in [-0.4, -0.2) is 6.16 Å². The third-order valence-electron chi connectivity index (χ3n) is 0.273. The van der Waals surface area contributed by atoms with Crippen LogP contribution < -0.4 is 0 Å². The van der Waals surface area contributed by atoms with Crippen LogP contribution in [0.2, 0.25) is 0 Å². The zero-order valence-electron chi connectivity index (χ0n) is 3.22. The van der Waals surface area contributed by atoms with Gasteiger partial charge in [-0.2, -0.15) is 0 Å². The summed E-state index contributed by atoms with van der Waals surface area (Å²) in [4.78, 5) is 0. The van der Waals surface area contributed by atoms with Crippen molar-refractivity contribution < 1.29 is 4.57 Å². The molecule has 0 saturated heterocycles. The van der Waals surface area contributed by atoms with E-state index in [1.807, 2.05) is 0 Å². The predicted molar refractivity (Wildman–Crippen MR) is 28.5 cm³/mol. The normalized spacial score (nSPS) is 10.5. The van der Waals surface area contributed by atoms with Gasteiger partial charge in [-0.1, -0.05) is 11.1 Å². The zero-order chi connectivity index (χ0) is 4.99. The fraction of sp³-hybridized carbons (Fsp3) is 0.333. The van der Waals surface area contributed by atoms with Crippen molar-refractivity contribution in [1.29, 1.82) is 0 Å². The van der Waals surface area contributed by atoms with Gasteiger partial charge in [0.15, 0.2) is 6.16 Å². The lowest BCUT2D eigenvalue weighted by Gasteiger charge is -1.56. The second kappa shape index (κ2) is 3.32. The minimum atomic E-state index is -1.50. The molecule has 1 unspecified atom stereocenters. The third-order valence-corrected chi connectivity index (χ3v) is 1.23. The second-order valence-corrected chi connectivity index (χ2v) is 2.92. The Labute approximate surface area is 42.6 Å². The van der Waals surface area contributed by atoms with Crippen molar-refractivity contribution in [2.45, 2.75) is 0 Å². The van der Waals surface area contributed by atoms with Gasteiger partial charge in [0.2, 0.25) is 11.2 Å². The van der Waals surface area contributed by atoms with Gasteiger partial charge in [-0.15, -0.1) is 0 Å². The molecule has 0 aromatic rings. The van der Waals surface area contributed by atoms with E-state index in [0.717, 1.165) is 0 Å². The van der Waals surface area contributed by atoms with E-state index in [2.05, 4.69) is 6.58 Å². The van der Waals surface area contributed by atoms with Crippen molar-refractivity contribution >= 4 is 18.4 Å². The van der Waals surface area contributed by atoms with Gasteiger partial charge >= 0.3 is 7.15 Å². The molecule has 0 aliphatic carbocycles. The van der Waals surface area contributed by atoms with Crippen LogP contribution >= 0.6 is 18.4 Å². The summed E-state index contributed by atoms with van der Waals surface area (Å²) in [6.45, 7) is 3.33. The summed E-state index contributed by atoms with van der Waals surface area (Å²) < 4.78 is 9.89. The van der Waals surface area contributed by atoms with Crippen LogP contribution in [0.5, 0.6) is 0 Å². The maximum atomic E-state index is 9.89. The highest BCUT2D eigenvalue weighted by atomic mass is 35.7. The highest BCUT2D eigenvalue weighted by Gasteiger charge is 2.02. The van der Waals surface area contributed by atoms with E-state index in [4.69, 9.17) is 11.2 Å². The van der Waals surface area contributed by atoms with E-state index in [0.29, 0.717) is 6.16 Å². The van der Waals surface area contributed by atoms with Gasteiger partial charge in [-0.25, -0.2) is 0 Å². The first-order chi connectivity index (χ1) is 2.77. The van der Waals surface area contributed by atoms with Gasteiger partial charge < -0.3 is 0 Å². The number of hydrogen-bond donors (Lipinski definition) is 0. The molecule has 0 aromatic heterocycles. The van der Waals surface area contributed by atoms with Crippen LogP contribution in [0.15, 0.2) is 12.7 Å². The molecule has 0 radical (unpaired) electrons. The van der Waals surface area contributed by atoms with Gasteiger partial charge in [-0.05, 0) is 6.08 Å². The molecule has 34 valence electrons. The Morgan fingerprint density at radius 1 is 2.00 bits per heavy atom. The predicted octanol–water partition coefficient (Wildman–Crippen LogP) is 2.15. The van der Waals surface area contributed by atoms with Gasteiger partial charge in [0.05, 0.1) is 0 Å². The molecule has 0 saturated carbocycles. The maximum absolute atomic E-state index is 9.89. The molecular formula is C3H5ClOP+. The zero-order valence-corrected chi connectivity index (χ0v) is 4.88. The van der Waals surface area contributed by atoms with Gasteiger partial charge in [-0.3, -0.25) is 0 Å². The highest BCUT2D eigenvalue weighted by Crippen LogP contribution is 2.24. The topological polar surface area (TPSA) is 17.1 Å². The molecule has 0 rings (SSSR count). The molecule has 1 atom stereocenters. The van der Waals surface area contributed by atoms with Crippen LogP contribution in [0.1, 0.15) is 0 Å². The molecule has 3 heteroatoms. The largest absolute Gasteiger partial charge is 0.458 e. The van der Waals surface area contributed by atoms with Gasteiger partial charge in [0.1, 0.15) is 0 Å². The minimum absolute atomic E-state index is 0.414. The Bertz CT molecular complexity index is 71.2. The number of rotatable bonds is 2. The molecule has 6 heavy (non-hydrogen) atoms. The standard InChI is InChI=1S/C3H5ClOP/c1-2-3-6(4)5/h2H,1,3H2/q+1. The Morgan fingerprint density at radius 2 is 2.50 bits per heavy atom. The monoisotopic (exact) mass is 123 g/mol. The van der Waals surface area contributed by atoms with E-state index in [-0.39, 0.29) is 0 Å². The molecule has 0 spiro atoms. The first-order valence-corrected chi connectivity index (χ1v) is 3.83. The molecule has 0 amide bonds. The summed E-state index contributed by atoms with van der Waals surface area (Å²) in [6.07, 6.45) is 1.95. The number of hydrogen-bond acceptors (Lipinski definition) is 1. The number of halogens is 1. The summed E-state index contributed by atoms with van der Waals surface area (Å²) in [6, 6.07) is 0. The van der Waals surface area contributed by atoms with Crippen molar-refractivity contribution in [1.82, 2.24) is 0 Å². The lowest BCUT2D eigenvalue weighted by Crippen LogP contribution is -1.54. The van der Waals surface area contributed by atoms with Gasteiger partial charge in [0.25, 0.3) is 0 Å². The molecule has 0 N–H and O–H groups in total. The summed E-state index contributed by atoms with van der Waals surface area (Å²) in [5, 5.41) is 0. The molecule has 0 aliphatic heterocycles. The summed E-state index contributed by atoms with van der Waals surface area (Å²) in [5.41, 5.74) is 0. The molecule has 0 aromatic carbocycles. The minimum Gasteiger partial charge on any atom is -0.0988 e. The van der Waals surface area contributed by atoms with Crippen molar-refractivity contribution in [3.8, 4) is 0 Å². The highest BCUT2D eigenvalue weighted by molar-refractivity contribution is 7.73. The Kier molecular flexibility index (Phi) is 3.40. The van der Waals surface area contributed by atoms with E-state index in [9.17, 15) is 4.57 Å². The Morgan fingerprint density at radius 3 is 2.50 bits per heavy atom. The summed E-state index contributed by atoms with van der Waals surface area (Å²) >= 11 is 5.02. The van der Waals surface area contributed by atoms with E-state index < -0.39 is 7.15 Å². The van der Waals surface area contributed by atoms with Crippen molar-refractivity contribution in [3.63, 3.8) is 0 Å². The van der Waals surface area contributed by atoms with E-state index >= 15 is 0 Å². The fourth-order valence-corrected chi connectivity index (χ4v) is 0.597. The van der Waals surface area contributed by atoms with Gasteiger partial charge in [0, 0.05) is 0 Å². The molecule has 0 aliphatic rings. The average Bonchev–Trinajstić information content (AvgIpc) is 1.35. The fourth-order valence-electron chi connectivity index (χ4n) is 0.101. The lowest BCUT2D eigenvalue weighted by atomic mass is 10.8. The SMILES string of the molecule is C=CC[P+](=O)Cl. The van der Waals surface area contributed by atoms with E-state index in [1.165, 1.54) is 6.08 Å². The smallest absolute Gasteiger partial charge is 0.0988 e. The Hall–Kier alpha value is 0.130. The first kappa shape index (κ1) is 6.13. The first-order valence-electron chi connectivity index (χ1n) is 1.48. The van der Waals surface area contributed by atoms with E-state index in [1.54, 1.807) is 0 Å². The van der Waals surface area contributed by atoms with Crippen LogP contribution in [0.3, 0.4) is 0 Å². The van der Waals surface area contributed by atoms with Crippen LogP contribution in [-0.2, 0) is 4.57 Å². The van der Waals surface area contributed by atoms with Crippen LogP contribution in [0.25, 0.3) is 0 Å². The maximum Gasteiger partial charge on any atom is 0.458 e. The number of allylic oxidation sites excluding steroid dienone is 1. The van der Waals surface area contributed by atoms with Crippen LogP contribution in [0, 0.1) is 0 Å². The molecule has 0 fully saturated rings. The molecule has 0 heterocycles. The second-order valence-electron chi connectivity index (χ2n) is 0.789. The third kappa shape index (κ3) is 4.13. The van der Waals surface area contributed by atoms with Crippen molar-refractivity contribution in [3.05, 3.63) is 12.7 Å². The Balaban J connectivity index is 3.05. The van der Waals surface area contributed by atoms with Crippen LogP contribution in [0.4, 0.5) is 0 Å². The summed E-state index contributed by atoms with van der Waals surface area (Å²) in [7, 11) is -1.50. The molecule has 1 nitrogen and oxygen atoms in total. The summed E-state index contributed by atoms with van der Waals surface area (Å²) in [5.74, 6) is 0. The van der Waals surface area contributed by atoms with Crippen molar-refractivity contribution in [2.24, 2.45) is 0 Å². The molecule has 0 bridgehead atoms. The lowest BCUT2D eigenvalue weighted by molar-refractivity contribution is 0.597.